The van der Waals surface area contributed by atoms with Gasteiger partial charge in [-0.15, -0.1) is 0 Å². The summed E-state index contributed by atoms with van der Waals surface area (Å²) in [5.41, 5.74) is 0. The van der Waals surface area contributed by atoms with Crippen LogP contribution in [0.5, 0.6) is 0 Å². The standard InChI is InChI=1S/C12H19NO3/c1-2-9-10(7-11(14)13-12(9)15)8-3-5-16-6-4-8/h8-10H,2-7H2,1H3,(H,13,14,15). The van der Waals surface area contributed by atoms with Crippen molar-refractivity contribution in [1.29, 1.82) is 0 Å². The molecule has 0 saturated carbocycles. The SMILES string of the molecule is CCC1C(=O)NC(=O)CC1C1CCOCC1. The summed E-state index contributed by atoms with van der Waals surface area (Å²) in [5, 5.41) is 2.44. The third-order valence-corrected chi connectivity index (χ3v) is 3.85. The van der Waals surface area contributed by atoms with E-state index < -0.39 is 0 Å². The molecule has 0 radical (unpaired) electrons. The molecule has 2 unspecified atom stereocenters. The lowest BCUT2D eigenvalue weighted by Gasteiger charge is -2.37. The number of ether oxygens (including phenoxy) is 1. The first kappa shape index (κ1) is 11.6. The van der Waals surface area contributed by atoms with Crippen molar-refractivity contribution < 1.29 is 14.3 Å². The Kier molecular flexibility index (Phi) is 3.59. The van der Waals surface area contributed by atoms with Crippen LogP contribution in [-0.2, 0) is 14.3 Å². The molecule has 0 bridgehead atoms. The van der Waals surface area contributed by atoms with Crippen molar-refractivity contribution >= 4 is 11.8 Å². The molecule has 1 N–H and O–H groups in total. The first-order chi connectivity index (χ1) is 7.72. The molecule has 4 nitrogen and oxygen atoms in total. The van der Waals surface area contributed by atoms with Gasteiger partial charge in [0, 0.05) is 25.6 Å². The lowest BCUT2D eigenvalue weighted by atomic mass is 9.72. The van der Waals surface area contributed by atoms with Crippen molar-refractivity contribution in [2.45, 2.75) is 32.6 Å². The Morgan fingerprint density at radius 2 is 2.00 bits per heavy atom. The Labute approximate surface area is 95.7 Å². The van der Waals surface area contributed by atoms with Crippen LogP contribution in [0.3, 0.4) is 0 Å². The zero-order valence-electron chi connectivity index (χ0n) is 9.70. The molecule has 2 aliphatic rings. The number of imide groups is 1. The van der Waals surface area contributed by atoms with Crippen LogP contribution >= 0.6 is 0 Å². The minimum Gasteiger partial charge on any atom is -0.381 e. The predicted molar refractivity (Wildman–Crippen MR) is 58.6 cm³/mol. The topological polar surface area (TPSA) is 55.4 Å². The van der Waals surface area contributed by atoms with E-state index in [0.717, 1.165) is 32.5 Å². The van der Waals surface area contributed by atoms with Gasteiger partial charge in [0.15, 0.2) is 0 Å². The van der Waals surface area contributed by atoms with E-state index in [1.807, 2.05) is 6.92 Å². The zero-order valence-corrected chi connectivity index (χ0v) is 9.70. The number of piperidine rings is 1. The highest BCUT2D eigenvalue weighted by Gasteiger charge is 2.39. The molecule has 0 aromatic heterocycles. The van der Waals surface area contributed by atoms with Crippen LogP contribution in [0.1, 0.15) is 32.6 Å². The molecule has 2 saturated heterocycles. The van der Waals surface area contributed by atoms with E-state index in [2.05, 4.69) is 5.32 Å². The fraction of sp³-hybridized carbons (Fsp3) is 0.833. The maximum Gasteiger partial charge on any atom is 0.229 e. The maximum absolute atomic E-state index is 11.7. The quantitative estimate of drug-likeness (QED) is 0.716. The predicted octanol–water partition coefficient (Wildman–Crippen LogP) is 1.10. The van der Waals surface area contributed by atoms with Gasteiger partial charge in [-0.2, -0.15) is 0 Å². The summed E-state index contributed by atoms with van der Waals surface area (Å²) in [7, 11) is 0. The Morgan fingerprint density at radius 3 is 2.62 bits per heavy atom. The monoisotopic (exact) mass is 225 g/mol. The molecule has 2 aliphatic heterocycles. The second kappa shape index (κ2) is 4.95. The number of hydrogen-bond acceptors (Lipinski definition) is 3. The molecule has 0 aromatic rings. The molecule has 2 fully saturated rings. The second-order valence-corrected chi connectivity index (χ2v) is 4.74. The van der Waals surface area contributed by atoms with E-state index in [1.54, 1.807) is 0 Å². The van der Waals surface area contributed by atoms with Crippen LogP contribution in [0.25, 0.3) is 0 Å². The molecule has 0 spiro atoms. The first-order valence-electron chi connectivity index (χ1n) is 6.13. The summed E-state index contributed by atoms with van der Waals surface area (Å²) in [6.07, 6.45) is 3.31. The Balaban J connectivity index is 2.08. The van der Waals surface area contributed by atoms with Gasteiger partial charge in [0.25, 0.3) is 0 Å². The van der Waals surface area contributed by atoms with Crippen LogP contribution in [0.15, 0.2) is 0 Å². The first-order valence-corrected chi connectivity index (χ1v) is 6.13. The third kappa shape index (κ3) is 2.26. The average molecular weight is 225 g/mol. The molecule has 0 aliphatic carbocycles. The number of hydrogen-bond donors (Lipinski definition) is 1. The summed E-state index contributed by atoms with van der Waals surface area (Å²) >= 11 is 0. The van der Waals surface area contributed by atoms with Crippen LogP contribution in [0.4, 0.5) is 0 Å². The maximum atomic E-state index is 11.7. The highest BCUT2D eigenvalue weighted by atomic mass is 16.5. The molecule has 90 valence electrons. The number of amides is 2. The molecule has 4 heteroatoms. The summed E-state index contributed by atoms with van der Waals surface area (Å²) in [4.78, 5) is 23.2. The summed E-state index contributed by atoms with van der Waals surface area (Å²) in [5.74, 6) is 0.547. The Bertz CT molecular complexity index is 284. The zero-order chi connectivity index (χ0) is 11.5. The lowest BCUT2D eigenvalue weighted by molar-refractivity contribution is -0.141. The molecule has 2 heterocycles. The molecular formula is C12H19NO3. The van der Waals surface area contributed by atoms with Gasteiger partial charge in [-0.3, -0.25) is 14.9 Å². The van der Waals surface area contributed by atoms with Gasteiger partial charge < -0.3 is 4.74 Å². The molecule has 2 rings (SSSR count). The number of rotatable bonds is 2. The minimum atomic E-state index is -0.105. The van der Waals surface area contributed by atoms with Crippen LogP contribution < -0.4 is 5.32 Å². The fourth-order valence-corrected chi connectivity index (χ4v) is 2.96. The normalized spacial score (nSPS) is 32.6. The number of nitrogens with one attached hydrogen (secondary N) is 1. The van der Waals surface area contributed by atoms with Crippen molar-refractivity contribution in [2.75, 3.05) is 13.2 Å². The van der Waals surface area contributed by atoms with E-state index in [-0.39, 0.29) is 23.7 Å². The van der Waals surface area contributed by atoms with Crippen molar-refractivity contribution in [3.8, 4) is 0 Å². The van der Waals surface area contributed by atoms with E-state index in [0.29, 0.717) is 12.3 Å². The van der Waals surface area contributed by atoms with E-state index in [1.165, 1.54) is 0 Å². The van der Waals surface area contributed by atoms with Crippen molar-refractivity contribution in [1.82, 2.24) is 5.32 Å². The highest BCUT2D eigenvalue weighted by molar-refractivity contribution is 5.99. The van der Waals surface area contributed by atoms with Crippen LogP contribution in [0, 0.1) is 17.8 Å². The molecular weight excluding hydrogens is 206 g/mol. The van der Waals surface area contributed by atoms with E-state index in [9.17, 15) is 9.59 Å². The Morgan fingerprint density at radius 1 is 1.31 bits per heavy atom. The number of carbonyl (C=O) groups excluding carboxylic acids is 2. The highest BCUT2D eigenvalue weighted by Crippen LogP contribution is 2.35. The largest absolute Gasteiger partial charge is 0.381 e. The van der Waals surface area contributed by atoms with Gasteiger partial charge >= 0.3 is 0 Å². The van der Waals surface area contributed by atoms with Crippen molar-refractivity contribution in [2.24, 2.45) is 17.8 Å². The van der Waals surface area contributed by atoms with Gasteiger partial charge in [0.05, 0.1) is 0 Å². The van der Waals surface area contributed by atoms with Gasteiger partial charge in [0.1, 0.15) is 0 Å². The summed E-state index contributed by atoms with van der Waals surface area (Å²) < 4.78 is 5.33. The van der Waals surface area contributed by atoms with Crippen LogP contribution in [-0.4, -0.2) is 25.0 Å². The van der Waals surface area contributed by atoms with E-state index in [4.69, 9.17) is 4.74 Å². The van der Waals surface area contributed by atoms with Crippen LogP contribution in [0.2, 0.25) is 0 Å². The average Bonchev–Trinajstić information content (AvgIpc) is 2.29. The van der Waals surface area contributed by atoms with Crippen molar-refractivity contribution in [3.63, 3.8) is 0 Å². The van der Waals surface area contributed by atoms with Gasteiger partial charge in [-0.1, -0.05) is 6.92 Å². The molecule has 2 amide bonds. The summed E-state index contributed by atoms with van der Waals surface area (Å²) in [6, 6.07) is 0. The fourth-order valence-electron chi connectivity index (χ4n) is 2.96. The Hall–Kier alpha value is -0.900. The van der Waals surface area contributed by atoms with Gasteiger partial charge in [-0.05, 0) is 31.1 Å². The van der Waals surface area contributed by atoms with Gasteiger partial charge in [-0.25, -0.2) is 0 Å². The van der Waals surface area contributed by atoms with Gasteiger partial charge in [0.2, 0.25) is 11.8 Å². The molecule has 16 heavy (non-hydrogen) atoms. The molecule has 2 atom stereocenters. The second-order valence-electron chi connectivity index (χ2n) is 4.74. The smallest absolute Gasteiger partial charge is 0.229 e. The lowest BCUT2D eigenvalue weighted by Crippen LogP contribution is -2.48. The summed E-state index contributed by atoms with van der Waals surface area (Å²) in [6.45, 7) is 3.56. The van der Waals surface area contributed by atoms with Crippen molar-refractivity contribution in [3.05, 3.63) is 0 Å². The van der Waals surface area contributed by atoms with E-state index >= 15 is 0 Å². The minimum absolute atomic E-state index is 0.0146. The number of carbonyl (C=O) groups is 2. The molecule has 0 aromatic carbocycles. The third-order valence-electron chi connectivity index (χ3n) is 3.85.